The lowest BCUT2D eigenvalue weighted by Gasteiger charge is -2.06. The summed E-state index contributed by atoms with van der Waals surface area (Å²) in [6.45, 7) is 0. The van der Waals surface area contributed by atoms with Crippen LogP contribution < -0.4 is 0 Å². The van der Waals surface area contributed by atoms with E-state index in [1.54, 1.807) is 6.07 Å². The number of esters is 1. The summed E-state index contributed by atoms with van der Waals surface area (Å²) in [6.07, 6.45) is 0. The van der Waals surface area contributed by atoms with Crippen molar-refractivity contribution in [2.75, 3.05) is 12.9 Å². The molecule has 0 radical (unpaired) electrons. The molecule has 0 fully saturated rings. The van der Waals surface area contributed by atoms with E-state index < -0.39 is 5.97 Å². The monoisotopic (exact) mass is 431 g/mol. The van der Waals surface area contributed by atoms with Crippen molar-refractivity contribution in [1.82, 2.24) is 15.0 Å². The molecule has 6 nitrogen and oxygen atoms in total. The van der Waals surface area contributed by atoms with Crippen molar-refractivity contribution in [2.24, 2.45) is 0 Å². The van der Waals surface area contributed by atoms with Crippen LogP contribution in [0.5, 0.6) is 0 Å². The minimum Gasteiger partial charge on any atom is -0.510 e. The molecule has 0 atom stereocenters. The molecule has 0 unspecified atom stereocenters. The topological polar surface area (TPSA) is 88.1 Å². The van der Waals surface area contributed by atoms with E-state index in [2.05, 4.69) is 15.0 Å². The van der Waals surface area contributed by atoms with Crippen LogP contribution in [0.1, 0.15) is 5.82 Å². The number of para-hydroxylation sites is 2. The Morgan fingerprint density at radius 2 is 2.07 bits per heavy atom. The highest BCUT2D eigenvalue weighted by molar-refractivity contribution is 8.01. The number of H-pyrrole nitrogens is 1. The van der Waals surface area contributed by atoms with Gasteiger partial charge in [0.2, 0.25) is 0 Å². The van der Waals surface area contributed by atoms with Crippen LogP contribution in [0.3, 0.4) is 0 Å². The summed E-state index contributed by atoms with van der Waals surface area (Å²) < 4.78 is 6.61. The summed E-state index contributed by atoms with van der Waals surface area (Å²) in [6, 6.07) is 12.9. The first-order valence-electron chi connectivity index (χ1n) is 8.19. The number of thiazole rings is 1. The first kappa shape index (κ1) is 18.8. The quantitative estimate of drug-likeness (QED) is 0.199. The number of aromatic amines is 1. The van der Waals surface area contributed by atoms with Gasteiger partial charge in [0.15, 0.2) is 4.34 Å². The Hall–Kier alpha value is -2.55. The molecule has 0 aliphatic heterocycles. The van der Waals surface area contributed by atoms with Crippen molar-refractivity contribution < 1.29 is 14.6 Å². The standard InChI is InChI=1S/C19H14ClN3O3S2/c1-26-18(25)16(17-21-11-4-2-3-5-12(11)22-17)14(24)9-27-19-23-13-8-10(20)6-7-15(13)28-19/h2-8,24H,9H2,1H3,(H,21,22)/b16-14+. The van der Waals surface area contributed by atoms with Crippen LogP contribution in [0.2, 0.25) is 5.02 Å². The normalized spacial score (nSPS) is 12.4. The fourth-order valence-electron chi connectivity index (χ4n) is 2.67. The number of carbonyl (C=O) groups excluding carboxylic acids is 1. The number of thioether (sulfide) groups is 1. The van der Waals surface area contributed by atoms with Crippen LogP contribution in [0, 0.1) is 0 Å². The number of benzene rings is 2. The smallest absolute Gasteiger partial charge is 0.345 e. The molecule has 28 heavy (non-hydrogen) atoms. The number of aliphatic hydroxyl groups excluding tert-OH is 1. The number of nitrogens with one attached hydrogen (secondary N) is 1. The number of aromatic nitrogens is 3. The van der Waals surface area contributed by atoms with Crippen molar-refractivity contribution in [2.45, 2.75) is 4.34 Å². The Bertz CT molecular complexity index is 1180. The molecule has 2 N–H and O–H groups in total. The molecule has 142 valence electrons. The highest BCUT2D eigenvalue weighted by Crippen LogP contribution is 2.32. The second kappa shape index (κ2) is 7.83. The predicted octanol–water partition coefficient (Wildman–Crippen LogP) is 5.06. The van der Waals surface area contributed by atoms with Gasteiger partial charge in [-0.25, -0.2) is 14.8 Å². The number of halogens is 1. The van der Waals surface area contributed by atoms with E-state index in [1.165, 1.54) is 30.2 Å². The van der Waals surface area contributed by atoms with Crippen molar-refractivity contribution in [3.63, 3.8) is 0 Å². The summed E-state index contributed by atoms with van der Waals surface area (Å²) >= 11 is 8.82. The van der Waals surface area contributed by atoms with Crippen molar-refractivity contribution in [1.29, 1.82) is 0 Å². The van der Waals surface area contributed by atoms with Gasteiger partial charge in [0.25, 0.3) is 0 Å². The van der Waals surface area contributed by atoms with E-state index >= 15 is 0 Å². The number of hydrogen-bond acceptors (Lipinski definition) is 7. The Kier molecular flexibility index (Phi) is 5.25. The molecule has 0 spiro atoms. The van der Waals surface area contributed by atoms with E-state index in [1.807, 2.05) is 36.4 Å². The Labute approximate surface area is 173 Å². The molecule has 2 aromatic carbocycles. The molecular formula is C19H14ClN3O3S2. The van der Waals surface area contributed by atoms with Crippen LogP contribution in [0.4, 0.5) is 0 Å². The van der Waals surface area contributed by atoms with E-state index in [0.717, 1.165) is 20.1 Å². The number of methoxy groups -OCH3 is 1. The van der Waals surface area contributed by atoms with Gasteiger partial charge in [-0.1, -0.05) is 35.5 Å². The number of imidazole rings is 1. The zero-order valence-corrected chi connectivity index (χ0v) is 17.0. The van der Waals surface area contributed by atoms with Gasteiger partial charge in [0, 0.05) is 5.02 Å². The van der Waals surface area contributed by atoms with Gasteiger partial charge in [-0.2, -0.15) is 0 Å². The van der Waals surface area contributed by atoms with Crippen LogP contribution >= 0.6 is 34.7 Å². The van der Waals surface area contributed by atoms with Gasteiger partial charge in [-0.15, -0.1) is 11.3 Å². The number of fused-ring (bicyclic) bond motifs is 2. The summed E-state index contributed by atoms with van der Waals surface area (Å²) in [4.78, 5) is 24.2. The van der Waals surface area contributed by atoms with Gasteiger partial charge in [-0.3, -0.25) is 0 Å². The van der Waals surface area contributed by atoms with Gasteiger partial charge in [0.1, 0.15) is 17.2 Å². The maximum absolute atomic E-state index is 12.3. The van der Waals surface area contributed by atoms with E-state index in [9.17, 15) is 9.90 Å². The average molecular weight is 432 g/mol. The SMILES string of the molecule is COC(=O)/C(=C(/O)CSc1nc2cc(Cl)ccc2s1)c1nc2ccccc2[nH]1. The van der Waals surface area contributed by atoms with Gasteiger partial charge >= 0.3 is 5.97 Å². The molecular weight excluding hydrogens is 418 g/mol. The third-order valence-electron chi connectivity index (χ3n) is 3.97. The number of hydrogen-bond donors (Lipinski definition) is 2. The zero-order valence-electron chi connectivity index (χ0n) is 14.6. The van der Waals surface area contributed by atoms with Gasteiger partial charge < -0.3 is 14.8 Å². The van der Waals surface area contributed by atoms with Crippen molar-refractivity contribution in [3.8, 4) is 0 Å². The van der Waals surface area contributed by atoms with Crippen LogP contribution in [0.15, 0.2) is 52.6 Å². The van der Waals surface area contributed by atoms with Crippen LogP contribution in [-0.2, 0) is 9.53 Å². The molecule has 4 aromatic rings. The molecule has 2 heterocycles. The highest BCUT2D eigenvalue weighted by atomic mass is 35.5. The number of ether oxygens (including phenoxy) is 1. The number of rotatable bonds is 5. The summed E-state index contributed by atoms with van der Waals surface area (Å²) in [5.41, 5.74) is 2.27. The zero-order chi connectivity index (χ0) is 19.7. The van der Waals surface area contributed by atoms with E-state index in [4.69, 9.17) is 16.3 Å². The molecule has 0 bridgehead atoms. The average Bonchev–Trinajstić information content (AvgIpc) is 3.29. The summed E-state index contributed by atoms with van der Waals surface area (Å²) in [5, 5.41) is 11.2. The first-order valence-corrected chi connectivity index (χ1v) is 10.4. The minimum absolute atomic E-state index is 0.00959. The molecule has 0 saturated heterocycles. The second-order valence-electron chi connectivity index (χ2n) is 5.80. The maximum atomic E-state index is 12.3. The minimum atomic E-state index is -0.659. The number of carbonyl (C=O) groups is 1. The van der Waals surface area contributed by atoms with Gasteiger partial charge in [-0.05, 0) is 30.3 Å². The van der Waals surface area contributed by atoms with E-state index in [0.29, 0.717) is 10.5 Å². The summed E-state index contributed by atoms with van der Waals surface area (Å²) in [5.74, 6) is -0.377. The Balaban J connectivity index is 1.64. The fraction of sp³-hybridized carbons (Fsp3) is 0.105. The number of aliphatic hydroxyl groups is 1. The number of nitrogens with zero attached hydrogens (tertiary/aromatic N) is 2. The molecule has 0 amide bonds. The highest BCUT2D eigenvalue weighted by Gasteiger charge is 2.22. The van der Waals surface area contributed by atoms with Crippen molar-refractivity contribution >= 4 is 67.5 Å². The molecule has 0 saturated carbocycles. The third kappa shape index (κ3) is 3.71. The maximum Gasteiger partial charge on any atom is 0.345 e. The fourth-order valence-corrected chi connectivity index (χ4v) is 4.76. The second-order valence-corrected chi connectivity index (χ2v) is 8.49. The van der Waals surface area contributed by atoms with Crippen molar-refractivity contribution in [3.05, 3.63) is 59.1 Å². The third-order valence-corrected chi connectivity index (χ3v) is 6.39. The predicted molar refractivity (Wildman–Crippen MR) is 113 cm³/mol. The molecule has 2 aromatic heterocycles. The van der Waals surface area contributed by atoms with Gasteiger partial charge in [0.05, 0.1) is 34.1 Å². The Morgan fingerprint density at radius 3 is 2.86 bits per heavy atom. The molecule has 0 aliphatic carbocycles. The summed E-state index contributed by atoms with van der Waals surface area (Å²) in [7, 11) is 1.27. The molecule has 4 rings (SSSR count). The molecule has 0 aliphatic rings. The first-order chi connectivity index (χ1) is 13.5. The van der Waals surface area contributed by atoms with Crippen LogP contribution in [-0.4, -0.2) is 38.9 Å². The lowest BCUT2D eigenvalue weighted by molar-refractivity contribution is -0.133. The Morgan fingerprint density at radius 1 is 1.25 bits per heavy atom. The largest absolute Gasteiger partial charge is 0.510 e. The lowest BCUT2D eigenvalue weighted by Crippen LogP contribution is -2.09. The van der Waals surface area contributed by atoms with E-state index in [-0.39, 0.29) is 22.9 Å². The van der Waals surface area contributed by atoms with Crippen LogP contribution in [0.25, 0.3) is 26.8 Å². The lowest BCUT2D eigenvalue weighted by atomic mass is 10.2. The molecule has 9 heteroatoms.